The van der Waals surface area contributed by atoms with Crippen LogP contribution in [0.2, 0.25) is 0 Å². The third kappa shape index (κ3) is 3.72. The molecule has 0 aliphatic carbocycles. The van der Waals surface area contributed by atoms with Crippen molar-refractivity contribution in [1.82, 2.24) is 0 Å². The summed E-state index contributed by atoms with van der Waals surface area (Å²) in [5, 5.41) is 0. The summed E-state index contributed by atoms with van der Waals surface area (Å²) in [7, 11) is 0. The van der Waals surface area contributed by atoms with Gasteiger partial charge in [0.25, 0.3) is 0 Å². The van der Waals surface area contributed by atoms with E-state index in [1.54, 1.807) is 0 Å². The summed E-state index contributed by atoms with van der Waals surface area (Å²) in [6.45, 7) is 8.60. The molecule has 1 aliphatic heterocycles. The van der Waals surface area contributed by atoms with Crippen molar-refractivity contribution in [2.45, 2.75) is 39.8 Å². The lowest BCUT2D eigenvalue weighted by Gasteiger charge is -2.26. The van der Waals surface area contributed by atoms with Crippen molar-refractivity contribution >= 4 is 0 Å². The van der Waals surface area contributed by atoms with Gasteiger partial charge in [-0.15, -0.1) is 0 Å². The predicted octanol–water partition coefficient (Wildman–Crippen LogP) is 1.78. The van der Waals surface area contributed by atoms with E-state index >= 15 is 0 Å². The van der Waals surface area contributed by atoms with Crippen molar-refractivity contribution in [3.8, 4) is 0 Å². The van der Waals surface area contributed by atoms with Gasteiger partial charge in [0, 0.05) is 19.8 Å². The summed E-state index contributed by atoms with van der Waals surface area (Å²) in [5.41, 5.74) is 0. The van der Waals surface area contributed by atoms with E-state index in [2.05, 4.69) is 0 Å². The van der Waals surface area contributed by atoms with Crippen LogP contribution >= 0.6 is 0 Å². The topological polar surface area (TPSA) is 36.9 Å². The molecule has 0 spiro atoms. The normalized spacial score (nSPS) is 26.4. The van der Waals surface area contributed by atoms with E-state index in [-0.39, 0.29) is 18.5 Å². The van der Waals surface area contributed by atoms with E-state index < -0.39 is 0 Å². The first-order valence-electron chi connectivity index (χ1n) is 5.79. The summed E-state index contributed by atoms with van der Waals surface area (Å²) in [6, 6.07) is 0. The fraction of sp³-hybridized carbons (Fsp3) is 1.00. The fourth-order valence-corrected chi connectivity index (χ4v) is 1.80. The van der Waals surface area contributed by atoms with Crippen LogP contribution in [0.1, 0.15) is 27.2 Å². The first kappa shape index (κ1) is 12.9. The number of rotatable bonds is 7. The molecule has 0 saturated carbocycles. The van der Waals surface area contributed by atoms with E-state index in [0.717, 1.165) is 13.0 Å². The average Bonchev–Trinajstić information content (AvgIpc) is 2.66. The van der Waals surface area contributed by atoms with Gasteiger partial charge in [0.2, 0.25) is 0 Å². The van der Waals surface area contributed by atoms with Crippen molar-refractivity contribution < 1.29 is 18.9 Å². The van der Waals surface area contributed by atoms with Gasteiger partial charge in [-0.25, -0.2) is 0 Å². The van der Waals surface area contributed by atoms with Gasteiger partial charge >= 0.3 is 0 Å². The van der Waals surface area contributed by atoms with Gasteiger partial charge in [0.1, 0.15) is 0 Å². The molecule has 0 amide bonds. The van der Waals surface area contributed by atoms with Crippen LogP contribution in [0.3, 0.4) is 0 Å². The highest BCUT2D eigenvalue weighted by Crippen LogP contribution is 2.27. The van der Waals surface area contributed by atoms with Crippen molar-refractivity contribution in [3.63, 3.8) is 0 Å². The number of ether oxygens (including phenoxy) is 4. The second-order valence-corrected chi connectivity index (χ2v) is 3.43. The van der Waals surface area contributed by atoms with Crippen LogP contribution in [0.25, 0.3) is 0 Å². The van der Waals surface area contributed by atoms with Crippen molar-refractivity contribution in [2.75, 3.05) is 26.4 Å². The van der Waals surface area contributed by atoms with Gasteiger partial charge < -0.3 is 18.9 Å². The largest absolute Gasteiger partial charge is 0.352 e. The molecule has 4 heteroatoms. The SMILES string of the molecule is CCOC(OCC)[C@@H]1CCO[C@@H]1OCC. The molecule has 0 unspecified atom stereocenters. The molecule has 1 heterocycles. The number of hydrogen-bond donors (Lipinski definition) is 0. The smallest absolute Gasteiger partial charge is 0.165 e. The Morgan fingerprint density at radius 3 is 2.33 bits per heavy atom. The second kappa shape index (κ2) is 7.17. The standard InChI is InChI=1S/C11H22O4/c1-4-12-10(13-5-2)9-7-8-15-11(9)14-6-3/h9-11H,4-8H2,1-3H3/t9-,11-/m0/s1. The van der Waals surface area contributed by atoms with E-state index in [1.807, 2.05) is 20.8 Å². The number of hydrogen-bond acceptors (Lipinski definition) is 4. The summed E-state index contributed by atoms with van der Waals surface area (Å²) >= 11 is 0. The molecule has 90 valence electrons. The second-order valence-electron chi connectivity index (χ2n) is 3.43. The highest BCUT2D eigenvalue weighted by Gasteiger charge is 2.36. The van der Waals surface area contributed by atoms with Crippen LogP contribution in [-0.4, -0.2) is 39.0 Å². The van der Waals surface area contributed by atoms with Gasteiger partial charge in [-0.05, 0) is 27.2 Å². The van der Waals surface area contributed by atoms with E-state index in [4.69, 9.17) is 18.9 Å². The predicted molar refractivity (Wildman–Crippen MR) is 56.5 cm³/mol. The van der Waals surface area contributed by atoms with Crippen LogP contribution in [-0.2, 0) is 18.9 Å². The zero-order valence-corrected chi connectivity index (χ0v) is 9.90. The first-order valence-corrected chi connectivity index (χ1v) is 5.79. The van der Waals surface area contributed by atoms with E-state index in [1.165, 1.54) is 0 Å². The Morgan fingerprint density at radius 2 is 1.80 bits per heavy atom. The van der Waals surface area contributed by atoms with Crippen molar-refractivity contribution in [1.29, 1.82) is 0 Å². The van der Waals surface area contributed by atoms with Crippen molar-refractivity contribution in [3.05, 3.63) is 0 Å². The van der Waals surface area contributed by atoms with Gasteiger partial charge in [-0.3, -0.25) is 0 Å². The zero-order chi connectivity index (χ0) is 11.1. The summed E-state index contributed by atoms with van der Waals surface area (Å²) in [6.07, 6.45) is 0.576. The molecule has 0 N–H and O–H groups in total. The monoisotopic (exact) mass is 218 g/mol. The summed E-state index contributed by atoms with van der Waals surface area (Å²) in [5.74, 6) is 0.199. The van der Waals surface area contributed by atoms with E-state index in [0.29, 0.717) is 19.8 Å². The first-order chi connectivity index (χ1) is 7.33. The van der Waals surface area contributed by atoms with Crippen LogP contribution in [0.15, 0.2) is 0 Å². The van der Waals surface area contributed by atoms with Gasteiger partial charge in [0.05, 0.1) is 12.5 Å². The maximum atomic E-state index is 5.56. The lowest BCUT2D eigenvalue weighted by Crippen LogP contribution is -2.34. The highest BCUT2D eigenvalue weighted by atomic mass is 16.7. The maximum absolute atomic E-state index is 5.56. The Bertz CT molecular complexity index is 157. The minimum Gasteiger partial charge on any atom is -0.352 e. The molecule has 0 bridgehead atoms. The molecule has 2 atom stereocenters. The average molecular weight is 218 g/mol. The molecule has 1 aliphatic rings. The lowest BCUT2D eigenvalue weighted by atomic mass is 10.1. The molecule has 0 aromatic rings. The molecule has 1 fully saturated rings. The Kier molecular flexibility index (Phi) is 6.17. The molecule has 4 nitrogen and oxygen atoms in total. The molecule has 0 aromatic carbocycles. The Balaban J connectivity index is 2.48. The van der Waals surface area contributed by atoms with Crippen molar-refractivity contribution in [2.24, 2.45) is 5.92 Å². The van der Waals surface area contributed by atoms with E-state index in [9.17, 15) is 0 Å². The summed E-state index contributed by atoms with van der Waals surface area (Å²) < 4.78 is 22.1. The third-order valence-electron chi connectivity index (χ3n) is 2.43. The van der Waals surface area contributed by atoms with Gasteiger partial charge in [0.15, 0.2) is 12.6 Å². The minimum atomic E-state index is -0.195. The highest BCUT2D eigenvalue weighted by molar-refractivity contribution is 4.73. The molecular formula is C11H22O4. The van der Waals surface area contributed by atoms with Crippen LogP contribution in [0, 0.1) is 5.92 Å². The van der Waals surface area contributed by atoms with Gasteiger partial charge in [-0.1, -0.05) is 0 Å². The maximum Gasteiger partial charge on any atom is 0.165 e. The van der Waals surface area contributed by atoms with Crippen LogP contribution < -0.4 is 0 Å². The molecule has 0 aromatic heterocycles. The molecule has 0 radical (unpaired) electrons. The Labute approximate surface area is 91.8 Å². The third-order valence-corrected chi connectivity index (χ3v) is 2.43. The zero-order valence-electron chi connectivity index (χ0n) is 9.90. The van der Waals surface area contributed by atoms with Crippen LogP contribution in [0.4, 0.5) is 0 Å². The molecule has 1 saturated heterocycles. The van der Waals surface area contributed by atoms with Crippen LogP contribution in [0.5, 0.6) is 0 Å². The quantitative estimate of drug-likeness (QED) is 0.610. The van der Waals surface area contributed by atoms with Gasteiger partial charge in [-0.2, -0.15) is 0 Å². The molecule has 1 rings (SSSR count). The Morgan fingerprint density at radius 1 is 1.13 bits per heavy atom. The fourth-order valence-electron chi connectivity index (χ4n) is 1.80. The minimum absolute atomic E-state index is 0.168. The molecular weight excluding hydrogens is 196 g/mol. The Hall–Kier alpha value is -0.160. The molecule has 15 heavy (non-hydrogen) atoms. The lowest BCUT2D eigenvalue weighted by molar-refractivity contribution is -0.218. The summed E-state index contributed by atoms with van der Waals surface area (Å²) in [4.78, 5) is 0.